The number of benzene rings is 1. The van der Waals surface area contributed by atoms with E-state index in [2.05, 4.69) is 26.1 Å². The van der Waals surface area contributed by atoms with Crippen LogP contribution in [0.2, 0.25) is 0 Å². The van der Waals surface area contributed by atoms with Crippen LogP contribution in [0.1, 0.15) is 48.2 Å². The van der Waals surface area contributed by atoms with Crippen molar-refractivity contribution >= 4 is 16.9 Å². The molecule has 3 N–H and O–H groups in total. The highest BCUT2D eigenvalue weighted by Gasteiger charge is 2.17. The second kappa shape index (κ2) is 6.76. The van der Waals surface area contributed by atoms with Crippen LogP contribution in [0.15, 0.2) is 18.3 Å². The standard InChI is InChI=1S/C17H24N2O2/c1-3-5-6-13-11-19(8-7-18)16-14(13)9-12(4-2)10-15(16)17(20)21/h9-11H,3-8,18H2,1-2H3,(H,20,21). The van der Waals surface area contributed by atoms with Crippen molar-refractivity contribution in [2.75, 3.05) is 6.54 Å². The fraction of sp³-hybridized carbons (Fsp3) is 0.471. The van der Waals surface area contributed by atoms with E-state index in [0.717, 1.165) is 42.1 Å². The summed E-state index contributed by atoms with van der Waals surface area (Å²) in [6.45, 7) is 5.37. The van der Waals surface area contributed by atoms with Gasteiger partial charge in [0, 0.05) is 24.7 Å². The molecule has 0 saturated heterocycles. The average molecular weight is 288 g/mol. The maximum absolute atomic E-state index is 11.6. The van der Waals surface area contributed by atoms with Gasteiger partial charge >= 0.3 is 5.97 Å². The summed E-state index contributed by atoms with van der Waals surface area (Å²) in [5.41, 5.74) is 9.19. The summed E-state index contributed by atoms with van der Waals surface area (Å²) >= 11 is 0. The van der Waals surface area contributed by atoms with Crippen LogP contribution in [0.5, 0.6) is 0 Å². The first kappa shape index (κ1) is 15.6. The zero-order chi connectivity index (χ0) is 15.4. The van der Waals surface area contributed by atoms with Crippen molar-refractivity contribution < 1.29 is 9.90 Å². The van der Waals surface area contributed by atoms with Gasteiger partial charge in [0.1, 0.15) is 0 Å². The number of hydrogen-bond donors (Lipinski definition) is 2. The maximum Gasteiger partial charge on any atom is 0.337 e. The first-order chi connectivity index (χ1) is 10.1. The number of rotatable bonds is 7. The van der Waals surface area contributed by atoms with Crippen molar-refractivity contribution in [3.05, 3.63) is 35.0 Å². The smallest absolute Gasteiger partial charge is 0.337 e. The SMILES string of the molecule is CCCCc1cn(CCN)c2c(C(=O)O)cc(CC)cc12. The highest BCUT2D eigenvalue weighted by molar-refractivity contribution is 6.03. The number of nitrogens with two attached hydrogens (primary N) is 1. The van der Waals surface area contributed by atoms with E-state index in [4.69, 9.17) is 5.73 Å². The van der Waals surface area contributed by atoms with Crippen LogP contribution >= 0.6 is 0 Å². The second-order valence-corrected chi connectivity index (χ2v) is 5.44. The lowest BCUT2D eigenvalue weighted by molar-refractivity contribution is 0.0698. The number of carboxylic acids is 1. The lowest BCUT2D eigenvalue weighted by Crippen LogP contribution is -2.11. The van der Waals surface area contributed by atoms with Gasteiger partial charge in [-0.05, 0) is 42.5 Å². The van der Waals surface area contributed by atoms with Gasteiger partial charge in [0.05, 0.1) is 11.1 Å². The van der Waals surface area contributed by atoms with Gasteiger partial charge in [0.2, 0.25) is 0 Å². The topological polar surface area (TPSA) is 68.2 Å². The van der Waals surface area contributed by atoms with Crippen molar-refractivity contribution in [1.82, 2.24) is 4.57 Å². The average Bonchev–Trinajstić information content (AvgIpc) is 2.82. The zero-order valence-corrected chi connectivity index (χ0v) is 12.9. The number of aromatic carboxylic acids is 1. The first-order valence-electron chi connectivity index (χ1n) is 7.70. The van der Waals surface area contributed by atoms with Crippen LogP contribution in [0.3, 0.4) is 0 Å². The number of aromatic nitrogens is 1. The van der Waals surface area contributed by atoms with Gasteiger partial charge in [0.15, 0.2) is 0 Å². The number of carbonyl (C=O) groups is 1. The number of hydrogen-bond acceptors (Lipinski definition) is 2. The van der Waals surface area contributed by atoms with Gasteiger partial charge < -0.3 is 15.4 Å². The summed E-state index contributed by atoms with van der Waals surface area (Å²) in [7, 11) is 0. The van der Waals surface area contributed by atoms with E-state index in [9.17, 15) is 9.90 Å². The monoisotopic (exact) mass is 288 g/mol. The van der Waals surface area contributed by atoms with E-state index in [1.165, 1.54) is 5.56 Å². The van der Waals surface area contributed by atoms with E-state index in [1.54, 1.807) is 6.07 Å². The number of carboxylic acid groups (broad SMARTS) is 1. The van der Waals surface area contributed by atoms with E-state index in [-0.39, 0.29) is 0 Å². The number of unbranched alkanes of at least 4 members (excludes halogenated alkanes) is 1. The molecule has 0 atom stereocenters. The Morgan fingerprint density at radius 2 is 2.10 bits per heavy atom. The second-order valence-electron chi connectivity index (χ2n) is 5.44. The summed E-state index contributed by atoms with van der Waals surface area (Å²) in [6.07, 6.45) is 6.14. The Balaban J connectivity index is 2.69. The Morgan fingerprint density at radius 3 is 2.67 bits per heavy atom. The minimum absolute atomic E-state index is 0.389. The summed E-state index contributed by atoms with van der Waals surface area (Å²) < 4.78 is 2.00. The van der Waals surface area contributed by atoms with Gasteiger partial charge in [0.25, 0.3) is 0 Å². The molecule has 0 aliphatic heterocycles. The summed E-state index contributed by atoms with van der Waals surface area (Å²) in [5, 5.41) is 10.6. The highest BCUT2D eigenvalue weighted by atomic mass is 16.4. The lowest BCUT2D eigenvalue weighted by atomic mass is 10.0. The largest absolute Gasteiger partial charge is 0.478 e. The van der Waals surface area contributed by atoms with Crippen molar-refractivity contribution in [2.45, 2.75) is 46.1 Å². The molecule has 114 valence electrons. The fourth-order valence-electron chi connectivity index (χ4n) is 2.82. The van der Waals surface area contributed by atoms with Crippen molar-refractivity contribution in [3.8, 4) is 0 Å². The number of fused-ring (bicyclic) bond motifs is 1. The van der Waals surface area contributed by atoms with Crippen molar-refractivity contribution in [1.29, 1.82) is 0 Å². The Morgan fingerprint density at radius 1 is 1.33 bits per heavy atom. The van der Waals surface area contributed by atoms with E-state index in [0.29, 0.717) is 18.7 Å². The Bertz CT molecular complexity index is 644. The molecule has 4 nitrogen and oxygen atoms in total. The van der Waals surface area contributed by atoms with Gasteiger partial charge in [-0.2, -0.15) is 0 Å². The first-order valence-corrected chi connectivity index (χ1v) is 7.70. The summed E-state index contributed by atoms with van der Waals surface area (Å²) in [6, 6.07) is 3.93. The van der Waals surface area contributed by atoms with E-state index in [1.807, 2.05) is 4.57 Å². The molecule has 0 aliphatic carbocycles. The lowest BCUT2D eigenvalue weighted by Gasteiger charge is -2.08. The third kappa shape index (κ3) is 3.10. The van der Waals surface area contributed by atoms with Crippen LogP contribution in [-0.2, 0) is 19.4 Å². The molecule has 0 saturated carbocycles. The number of nitrogens with zero attached hydrogens (tertiary/aromatic N) is 1. The van der Waals surface area contributed by atoms with Crippen LogP contribution < -0.4 is 5.73 Å². The molecule has 1 aromatic carbocycles. The van der Waals surface area contributed by atoms with Crippen LogP contribution in [-0.4, -0.2) is 22.2 Å². The maximum atomic E-state index is 11.6. The molecule has 0 fully saturated rings. The Labute approximate surface area is 125 Å². The molecule has 1 heterocycles. The molecule has 0 amide bonds. The molecule has 4 heteroatoms. The molecule has 0 unspecified atom stereocenters. The van der Waals surface area contributed by atoms with Crippen LogP contribution in [0.25, 0.3) is 10.9 Å². The summed E-state index contributed by atoms with van der Waals surface area (Å²) in [5.74, 6) is -0.867. The van der Waals surface area contributed by atoms with Gasteiger partial charge in [-0.15, -0.1) is 0 Å². The third-order valence-corrected chi connectivity index (χ3v) is 3.92. The molecule has 0 aliphatic rings. The van der Waals surface area contributed by atoms with Crippen molar-refractivity contribution in [3.63, 3.8) is 0 Å². The molecule has 0 bridgehead atoms. The van der Waals surface area contributed by atoms with E-state index >= 15 is 0 Å². The molecular weight excluding hydrogens is 264 g/mol. The normalized spacial score (nSPS) is 11.2. The molecule has 21 heavy (non-hydrogen) atoms. The zero-order valence-electron chi connectivity index (χ0n) is 12.9. The summed E-state index contributed by atoms with van der Waals surface area (Å²) in [4.78, 5) is 11.6. The van der Waals surface area contributed by atoms with Crippen LogP contribution in [0.4, 0.5) is 0 Å². The quantitative estimate of drug-likeness (QED) is 0.822. The van der Waals surface area contributed by atoms with Crippen LogP contribution in [0, 0.1) is 0 Å². The van der Waals surface area contributed by atoms with Crippen molar-refractivity contribution in [2.24, 2.45) is 5.73 Å². The molecule has 0 radical (unpaired) electrons. The molecular formula is C17H24N2O2. The predicted octanol–water partition coefficient (Wildman–Crippen LogP) is 3.20. The predicted molar refractivity (Wildman–Crippen MR) is 85.9 cm³/mol. The molecule has 2 rings (SSSR count). The van der Waals surface area contributed by atoms with Gasteiger partial charge in [-0.3, -0.25) is 0 Å². The third-order valence-electron chi connectivity index (χ3n) is 3.92. The number of aryl methyl sites for hydroxylation is 2. The Hall–Kier alpha value is -1.81. The van der Waals surface area contributed by atoms with Gasteiger partial charge in [-0.25, -0.2) is 4.79 Å². The minimum atomic E-state index is -0.867. The Kier molecular flexibility index (Phi) is 5.02. The highest BCUT2D eigenvalue weighted by Crippen LogP contribution is 2.28. The molecule has 2 aromatic rings. The molecule has 1 aromatic heterocycles. The molecule has 0 spiro atoms. The van der Waals surface area contributed by atoms with Gasteiger partial charge in [-0.1, -0.05) is 20.3 Å². The minimum Gasteiger partial charge on any atom is -0.478 e. The van der Waals surface area contributed by atoms with E-state index < -0.39 is 5.97 Å². The fourth-order valence-corrected chi connectivity index (χ4v) is 2.82.